The zero-order valence-corrected chi connectivity index (χ0v) is 28.5. The lowest BCUT2D eigenvalue weighted by molar-refractivity contribution is -0.181. The van der Waals surface area contributed by atoms with E-state index in [-0.39, 0.29) is 58.2 Å². The average molecular weight is 603 g/mol. The smallest absolute Gasteiger partial charge is 0.303 e. The number of esters is 3. The molecule has 5 aliphatic carbocycles. The molecule has 7 nitrogen and oxygen atoms in total. The van der Waals surface area contributed by atoms with Crippen LogP contribution in [0.1, 0.15) is 133 Å². The highest BCUT2D eigenvalue weighted by molar-refractivity contribution is 5.67. The van der Waals surface area contributed by atoms with Crippen molar-refractivity contribution in [2.24, 2.45) is 50.7 Å². The summed E-state index contributed by atoms with van der Waals surface area (Å²) in [6.07, 6.45) is 9.55. The largest absolute Gasteiger partial charge is 0.462 e. The van der Waals surface area contributed by atoms with Gasteiger partial charge in [-0.05, 0) is 117 Å². The summed E-state index contributed by atoms with van der Waals surface area (Å²) in [5, 5.41) is 10.7. The SMILES string of the molecule is CC(=O)O[C@H]1C[C@@]2(C)[C@@H]3CC[C@H]4C(C)(C)[C@@H](OC(C)=O)CC[C@@]45C[C@@]35CC[C@]2(C)[C@H]1[C@H](C)CC[C@H](OC(C)=O)C(C)(C)O. The number of hydrogen-bond donors (Lipinski definition) is 1. The van der Waals surface area contributed by atoms with Gasteiger partial charge < -0.3 is 19.3 Å². The number of rotatable bonds is 8. The highest BCUT2D eigenvalue weighted by Crippen LogP contribution is 2.89. The molecule has 0 bridgehead atoms. The van der Waals surface area contributed by atoms with Crippen molar-refractivity contribution in [3.8, 4) is 0 Å². The molecule has 5 saturated carbocycles. The number of carbonyl (C=O) groups is 3. The van der Waals surface area contributed by atoms with Crippen molar-refractivity contribution >= 4 is 17.9 Å². The van der Waals surface area contributed by atoms with Gasteiger partial charge in [-0.15, -0.1) is 0 Å². The maximum atomic E-state index is 12.5. The molecule has 5 rings (SSSR count). The molecule has 43 heavy (non-hydrogen) atoms. The molecule has 5 aliphatic rings. The van der Waals surface area contributed by atoms with Gasteiger partial charge in [0.2, 0.25) is 0 Å². The van der Waals surface area contributed by atoms with Crippen LogP contribution in [0.25, 0.3) is 0 Å². The predicted molar refractivity (Wildman–Crippen MR) is 164 cm³/mol. The fraction of sp³-hybridized carbons (Fsp3) is 0.917. The van der Waals surface area contributed by atoms with E-state index in [1.807, 2.05) is 0 Å². The van der Waals surface area contributed by atoms with Crippen LogP contribution < -0.4 is 0 Å². The van der Waals surface area contributed by atoms with Crippen molar-refractivity contribution in [3.05, 3.63) is 0 Å². The van der Waals surface area contributed by atoms with Crippen LogP contribution in [0.3, 0.4) is 0 Å². The molecule has 0 aliphatic heterocycles. The molecule has 0 heterocycles. The van der Waals surface area contributed by atoms with Crippen LogP contribution in [-0.4, -0.2) is 46.9 Å². The Hall–Kier alpha value is -1.63. The maximum Gasteiger partial charge on any atom is 0.303 e. The summed E-state index contributed by atoms with van der Waals surface area (Å²) in [5.41, 5.74) is -0.469. The first-order chi connectivity index (χ1) is 19.7. The Bertz CT molecular complexity index is 1140. The molecule has 2 spiro atoms. The number of carbonyl (C=O) groups excluding carboxylic acids is 3. The summed E-state index contributed by atoms with van der Waals surface area (Å²) in [6.45, 7) is 19.8. The van der Waals surface area contributed by atoms with Crippen LogP contribution in [0.4, 0.5) is 0 Å². The molecule has 7 heteroatoms. The zero-order valence-electron chi connectivity index (χ0n) is 28.5. The summed E-state index contributed by atoms with van der Waals surface area (Å²) in [6, 6.07) is 0. The molecule has 11 atom stereocenters. The number of fused-ring (bicyclic) bond motifs is 2. The van der Waals surface area contributed by atoms with E-state index in [1.165, 1.54) is 40.0 Å². The molecule has 0 aromatic carbocycles. The molecule has 0 saturated heterocycles. The van der Waals surface area contributed by atoms with Gasteiger partial charge >= 0.3 is 17.9 Å². The third-order valence-electron chi connectivity index (χ3n) is 14.3. The standard InChI is InChI=1S/C36H58O7/c1-21(11-14-29(32(7,8)40)43-24(4)39)30-25(41-22(2)37)19-34(10)27-13-12-26-31(5,6)28(42-23(3)38)15-16-35(26)20-36(27,35)18-17-33(30,34)9/h21,25-30,40H,11-20H2,1-10H3/t21-,25+,26+,27+,28+,29+,30+,33-,34+,35-,36+/m1/s1. The summed E-state index contributed by atoms with van der Waals surface area (Å²) in [7, 11) is 0. The first-order valence-corrected chi connectivity index (χ1v) is 17.0. The van der Waals surface area contributed by atoms with E-state index < -0.39 is 11.7 Å². The molecular formula is C36H58O7. The maximum absolute atomic E-state index is 12.5. The highest BCUT2D eigenvalue weighted by atomic mass is 16.6. The second-order valence-electron chi connectivity index (χ2n) is 17.1. The van der Waals surface area contributed by atoms with E-state index >= 15 is 0 Å². The van der Waals surface area contributed by atoms with Crippen molar-refractivity contribution in [1.29, 1.82) is 0 Å². The lowest BCUT2D eigenvalue weighted by atomic mass is 9.41. The average Bonchev–Trinajstić information content (AvgIpc) is 3.46. The molecule has 0 radical (unpaired) electrons. The van der Waals surface area contributed by atoms with Gasteiger partial charge in [0.05, 0.1) is 5.60 Å². The quantitative estimate of drug-likeness (QED) is 0.235. The Balaban J connectivity index is 1.42. The van der Waals surface area contributed by atoms with Crippen LogP contribution in [0.2, 0.25) is 0 Å². The normalized spacial score (nSPS) is 44.0. The first-order valence-electron chi connectivity index (χ1n) is 17.0. The predicted octanol–water partition coefficient (Wildman–Crippen LogP) is 7.02. The van der Waals surface area contributed by atoms with Crippen LogP contribution in [0.15, 0.2) is 0 Å². The van der Waals surface area contributed by atoms with Crippen molar-refractivity contribution in [3.63, 3.8) is 0 Å². The summed E-state index contributed by atoms with van der Waals surface area (Å²) < 4.78 is 17.7. The molecule has 244 valence electrons. The zero-order chi connectivity index (χ0) is 32.0. The molecule has 1 N–H and O–H groups in total. The topological polar surface area (TPSA) is 99.1 Å². The molecule has 5 fully saturated rings. The van der Waals surface area contributed by atoms with Gasteiger partial charge in [-0.3, -0.25) is 14.4 Å². The Morgan fingerprint density at radius 2 is 1.42 bits per heavy atom. The van der Waals surface area contributed by atoms with Gasteiger partial charge in [-0.1, -0.05) is 34.6 Å². The Morgan fingerprint density at radius 3 is 2.00 bits per heavy atom. The van der Waals surface area contributed by atoms with E-state index in [4.69, 9.17) is 14.2 Å². The van der Waals surface area contributed by atoms with E-state index in [9.17, 15) is 19.5 Å². The van der Waals surface area contributed by atoms with Crippen molar-refractivity contribution in [2.45, 2.75) is 157 Å². The van der Waals surface area contributed by atoms with Crippen molar-refractivity contribution in [2.75, 3.05) is 0 Å². The van der Waals surface area contributed by atoms with Crippen LogP contribution in [0, 0.1) is 50.7 Å². The minimum Gasteiger partial charge on any atom is -0.462 e. The summed E-state index contributed by atoms with van der Waals surface area (Å²) in [4.78, 5) is 36.2. The number of ether oxygens (including phenoxy) is 3. The first kappa shape index (κ1) is 32.8. The molecular weight excluding hydrogens is 544 g/mol. The Morgan fingerprint density at radius 1 is 0.814 bits per heavy atom. The molecule has 0 unspecified atom stereocenters. The number of hydrogen-bond acceptors (Lipinski definition) is 7. The van der Waals surface area contributed by atoms with Gasteiger partial charge in [0, 0.05) is 32.1 Å². The second-order valence-corrected chi connectivity index (χ2v) is 17.1. The Kier molecular flexibility index (Phi) is 7.96. The monoisotopic (exact) mass is 602 g/mol. The van der Waals surface area contributed by atoms with Crippen molar-refractivity contribution in [1.82, 2.24) is 0 Å². The minimum absolute atomic E-state index is 0.00912. The number of aliphatic hydroxyl groups is 1. The third kappa shape index (κ3) is 4.88. The molecule has 0 aromatic heterocycles. The second kappa shape index (κ2) is 10.5. The lowest BCUT2D eigenvalue weighted by Gasteiger charge is -2.63. The highest BCUT2D eigenvalue weighted by Gasteiger charge is 2.83. The summed E-state index contributed by atoms with van der Waals surface area (Å²) >= 11 is 0. The van der Waals surface area contributed by atoms with E-state index in [0.29, 0.717) is 29.1 Å². The van der Waals surface area contributed by atoms with Gasteiger partial charge in [-0.2, -0.15) is 0 Å². The van der Waals surface area contributed by atoms with Crippen LogP contribution >= 0.6 is 0 Å². The van der Waals surface area contributed by atoms with Gasteiger partial charge in [-0.25, -0.2) is 0 Å². The molecule has 0 aromatic rings. The fourth-order valence-corrected chi connectivity index (χ4v) is 12.5. The van der Waals surface area contributed by atoms with E-state index in [1.54, 1.807) is 13.8 Å². The fourth-order valence-electron chi connectivity index (χ4n) is 12.5. The van der Waals surface area contributed by atoms with Crippen LogP contribution in [-0.2, 0) is 28.6 Å². The van der Waals surface area contributed by atoms with E-state index in [0.717, 1.165) is 38.5 Å². The van der Waals surface area contributed by atoms with Gasteiger partial charge in [0.15, 0.2) is 0 Å². The van der Waals surface area contributed by atoms with Gasteiger partial charge in [0.25, 0.3) is 0 Å². The third-order valence-corrected chi connectivity index (χ3v) is 14.3. The van der Waals surface area contributed by atoms with Crippen LogP contribution in [0.5, 0.6) is 0 Å². The van der Waals surface area contributed by atoms with Crippen molar-refractivity contribution < 1.29 is 33.7 Å². The lowest BCUT2D eigenvalue weighted by Crippen LogP contribution is -2.58. The summed E-state index contributed by atoms with van der Waals surface area (Å²) in [5.74, 6) is 0.803. The van der Waals surface area contributed by atoms with E-state index in [2.05, 4.69) is 34.6 Å². The molecule has 0 amide bonds. The minimum atomic E-state index is -1.13. The van der Waals surface area contributed by atoms with Gasteiger partial charge in [0.1, 0.15) is 18.3 Å². The Labute approximate surface area is 259 Å².